The molecule has 1 aliphatic carbocycles. The summed E-state index contributed by atoms with van der Waals surface area (Å²) in [5, 5.41) is 3.10. The largest absolute Gasteiger partial charge is 0.477 e. The maximum Gasteiger partial charge on any atom is 0.427 e. The number of thiazole rings is 1. The number of halogens is 3. The first-order valence-electron chi connectivity index (χ1n) is 6.85. The van der Waals surface area contributed by atoms with Crippen LogP contribution in [0.1, 0.15) is 23.3 Å². The number of hydrogen-bond acceptors (Lipinski definition) is 5. The third kappa shape index (κ3) is 4.09. The van der Waals surface area contributed by atoms with Gasteiger partial charge < -0.3 is 10.1 Å². The molecule has 2 heterocycles. The van der Waals surface area contributed by atoms with Crippen LogP contribution in [-0.2, 0) is 12.7 Å². The standard InChI is InChI=1S/C14H14F3N3OS/c15-14(16,17)11-7-20-13(22-11)19-6-10-3-4-12(18-5-10)21-8-9-1-2-9/h3-5,7,9H,1-2,6,8H2,(H,19,20). The molecular formula is C14H14F3N3OS. The van der Waals surface area contributed by atoms with E-state index in [1.165, 1.54) is 12.8 Å². The Morgan fingerprint density at radius 1 is 1.23 bits per heavy atom. The Morgan fingerprint density at radius 2 is 2.05 bits per heavy atom. The highest BCUT2D eigenvalue weighted by atomic mass is 32.1. The van der Waals surface area contributed by atoms with Gasteiger partial charge in [0.2, 0.25) is 5.88 Å². The van der Waals surface area contributed by atoms with Gasteiger partial charge in [-0.3, -0.25) is 0 Å². The molecule has 118 valence electrons. The van der Waals surface area contributed by atoms with Gasteiger partial charge in [-0.1, -0.05) is 17.4 Å². The van der Waals surface area contributed by atoms with E-state index < -0.39 is 11.1 Å². The molecule has 0 bridgehead atoms. The Hall–Kier alpha value is -1.83. The lowest BCUT2D eigenvalue weighted by Gasteiger charge is -2.06. The summed E-state index contributed by atoms with van der Waals surface area (Å²) < 4.78 is 42.9. The van der Waals surface area contributed by atoms with Crippen molar-refractivity contribution in [3.63, 3.8) is 0 Å². The minimum atomic E-state index is -4.35. The second-order valence-electron chi connectivity index (χ2n) is 5.14. The zero-order valence-corrected chi connectivity index (χ0v) is 12.4. The van der Waals surface area contributed by atoms with E-state index in [2.05, 4.69) is 15.3 Å². The smallest absolute Gasteiger partial charge is 0.427 e. The molecule has 0 saturated heterocycles. The minimum Gasteiger partial charge on any atom is -0.477 e. The van der Waals surface area contributed by atoms with Crippen molar-refractivity contribution in [1.82, 2.24) is 9.97 Å². The van der Waals surface area contributed by atoms with Gasteiger partial charge >= 0.3 is 6.18 Å². The highest BCUT2D eigenvalue weighted by Gasteiger charge is 2.33. The molecule has 0 spiro atoms. The van der Waals surface area contributed by atoms with Gasteiger partial charge in [-0.2, -0.15) is 13.2 Å². The van der Waals surface area contributed by atoms with Crippen molar-refractivity contribution < 1.29 is 17.9 Å². The monoisotopic (exact) mass is 329 g/mol. The van der Waals surface area contributed by atoms with Crippen LogP contribution < -0.4 is 10.1 Å². The van der Waals surface area contributed by atoms with Crippen molar-refractivity contribution in [2.45, 2.75) is 25.6 Å². The zero-order chi connectivity index (χ0) is 15.6. The maximum absolute atomic E-state index is 12.5. The van der Waals surface area contributed by atoms with Crippen LogP contribution in [-0.4, -0.2) is 16.6 Å². The van der Waals surface area contributed by atoms with Gasteiger partial charge in [0.05, 0.1) is 12.8 Å². The van der Waals surface area contributed by atoms with Crippen molar-refractivity contribution in [2.24, 2.45) is 5.92 Å². The van der Waals surface area contributed by atoms with E-state index in [-0.39, 0.29) is 5.13 Å². The number of ether oxygens (including phenoxy) is 1. The van der Waals surface area contributed by atoms with Gasteiger partial charge in [-0.05, 0) is 24.3 Å². The molecule has 2 aromatic rings. The van der Waals surface area contributed by atoms with Gasteiger partial charge in [-0.25, -0.2) is 9.97 Å². The van der Waals surface area contributed by atoms with E-state index in [4.69, 9.17) is 4.74 Å². The van der Waals surface area contributed by atoms with Crippen molar-refractivity contribution in [1.29, 1.82) is 0 Å². The second-order valence-corrected chi connectivity index (χ2v) is 6.17. The maximum atomic E-state index is 12.5. The van der Waals surface area contributed by atoms with Gasteiger partial charge in [0.15, 0.2) is 5.13 Å². The van der Waals surface area contributed by atoms with E-state index in [0.29, 0.717) is 36.3 Å². The van der Waals surface area contributed by atoms with E-state index in [9.17, 15) is 13.2 Å². The number of aromatic nitrogens is 2. The van der Waals surface area contributed by atoms with Crippen LogP contribution in [0.25, 0.3) is 0 Å². The summed E-state index contributed by atoms with van der Waals surface area (Å²) in [5.41, 5.74) is 0.850. The van der Waals surface area contributed by atoms with Crippen molar-refractivity contribution >= 4 is 16.5 Å². The number of hydrogen-bond donors (Lipinski definition) is 1. The number of nitrogens with zero attached hydrogens (tertiary/aromatic N) is 2. The fraction of sp³-hybridized carbons (Fsp3) is 0.429. The quantitative estimate of drug-likeness (QED) is 0.871. The second kappa shape index (κ2) is 6.12. The molecule has 1 aliphatic rings. The summed E-state index contributed by atoms with van der Waals surface area (Å²) in [5.74, 6) is 1.24. The molecule has 2 aromatic heterocycles. The third-order valence-electron chi connectivity index (χ3n) is 3.19. The van der Waals surface area contributed by atoms with E-state index in [1.807, 2.05) is 6.07 Å². The summed E-state index contributed by atoms with van der Waals surface area (Å²) >= 11 is 0.588. The van der Waals surface area contributed by atoms with Crippen molar-refractivity contribution in [2.75, 3.05) is 11.9 Å². The summed E-state index contributed by atoms with van der Waals surface area (Å²) in [6.45, 7) is 1.06. The molecule has 22 heavy (non-hydrogen) atoms. The first-order chi connectivity index (χ1) is 10.5. The van der Waals surface area contributed by atoms with Crippen LogP contribution >= 0.6 is 11.3 Å². The van der Waals surface area contributed by atoms with Crippen LogP contribution in [0.3, 0.4) is 0 Å². The summed E-state index contributed by atoms with van der Waals surface area (Å²) in [4.78, 5) is 7.18. The van der Waals surface area contributed by atoms with Gasteiger partial charge in [0.1, 0.15) is 4.88 Å². The van der Waals surface area contributed by atoms with Gasteiger partial charge in [-0.15, -0.1) is 0 Å². The molecular weight excluding hydrogens is 315 g/mol. The lowest BCUT2D eigenvalue weighted by Crippen LogP contribution is -2.02. The van der Waals surface area contributed by atoms with Crippen LogP contribution in [0, 0.1) is 5.92 Å². The Morgan fingerprint density at radius 3 is 2.64 bits per heavy atom. The molecule has 1 fully saturated rings. The fourth-order valence-corrected chi connectivity index (χ4v) is 2.43. The Balaban J connectivity index is 1.51. The number of alkyl halides is 3. The zero-order valence-electron chi connectivity index (χ0n) is 11.6. The normalized spacial score (nSPS) is 14.9. The van der Waals surface area contributed by atoms with Crippen LogP contribution in [0.4, 0.5) is 18.3 Å². The molecule has 0 atom stereocenters. The predicted molar refractivity (Wildman–Crippen MR) is 76.9 cm³/mol. The highest BCUT2D eigenvalue weighted by molar-refractivity contribution is 7.15. The number of nitrogens with one attached hydrogen (secondary N) is 1. The first kappa shape index (κ1) is 15.1. The molecule has 1 saturated carbocycles. The molecule has 0 aliphatic heterocycles. The SMILES string of the molecule is FC(F)(F)c1cnc(NCc2ccc(OCC3CC3)nc2)s1. The average molecular weight is 329 g/mol. The van der Waals surface area contributed by atoms with Crippen molar-refractivity contribution in [3.8, 4) is 5.88 Å². The molecule has 1 N–H and O–H groups in total. The topological polar surface area (TPSA) is 47.0 Å². The number of anilines is 1. The molecule has 4 nitrogen and oxygen atoms in total. The first-order valence-corrected chi connectivity index (χ1v) is 7.67. The fourth-order valence-electron chi connectivity index (χ4n) is 1.75. The molecule has 0 unspecified atom stereocenters. The van der Waals surface area contributed by atoms with E-state index in [0.717, 1.165) is 11.8 Å². The Bertz CT molecular complexity index is 623. The van der Waals surface area contributed by atoms with Gasteiger partial charge in [0.25, 0.3) is 0 Å². The van der Waals surface area contributed by atoms with Crippen molar-refractivity contribution in [3.05, 3.63) is 35.0 Å². The molecule has 3 rings (SSSR count). The molecule has 0 amide bonds. The average Bonchev–Trinajstić information content (AvgIpc) is 3.18. The summed E-state index contributed by atoms with van der Waals surface area (Å²) in [6.07, 6.45) is 0.568. The van der Waals surface area contributed by atoms with E-state index in [1.54, 1.807) is 12.3 Å². The molecule has 0 radical (unpaired) electrons. The Kier molecular flexibility index (Phi) is 4.19. The summed E-state index contributed by atoms with van der Waals surface area (Å²) in [7, 11) is 0. The third-order valence-corrected chi connectivity index (χ3v) is 4.19. The summed E-state index contributed by atoms with van der Waals surface area (Å²) in [6, 6.07) is 3.60. The lowest BCUT2D eigenvalue weighted by atomic mass is 10.3. The van der Waals surface area contributed by atoms with Gasteiger partial charge in [0, 0.05) is 18.8 Å². The molecule has 8 heteroatoms. The lowest BCUT2D eigenvalue weighted by molar-refractivity contribution is -0.134. The van der Waals surface area contributed by atoms with Crippen LogP contribution in [0.5, 0.6) is 5.88 Å². The van der Waals surface area contributed by atoms with Crippen LogP contribution in [0.15, 0.2) is 24.5 Å². The van der Waals surface area contributed by atoms with Crippen LogP contribution in [0.2, 0.25) is 0 Å². The molecule has 0 aromatic carbocycles. The number of pyridine rings is 1. The highest BCUT2D eigenvalue weighted by Crippen LogP contribution is 2.35. The van der Waals surface area contributed by atoms with E-state index >= 15 is 0 Å². The number of rotatable bonds is 6. The Labute approximate surface area is 129 Å². The predicted octanol–water partition coefficient (Wildman–Crippen LogP) is 3.96. The minimum absolute atomic E-state index is 0.237.